The highest BCUT2D eigenvalue weighted by atomic mass is 35.5. The van der Waals surface area contributed by atoms with Crippen LogP contribution in [0.2, 0.25) is 10.0 Å². The van der Waals surface area contributed by atoms with Gasteiger partial charge in [-0.25, -0.2) is 0 Å². The number of aliphatic carboxylic acids is 1. The number of carbonyl (C=O) groups is 1. The second-order valence-electron chi connectivity index (χ2n) is 3.07. The van der Waals surface area contributed by atoms with E-state index in [9.17, 15) is 4.79 Å². The Morgan fingerprint density at radius 2 is 2.00 bits per heavy atom. The molecule has 2 rings (SSSR count). The second kappa shape index (κ2) is 3.76. The van der Waals surface area contributed by atoms with Crippen molar-refractivity contribution in [2.45, 2.75) is 5.92 Å². The van der Waals surface area contributed by atoms with Crippen LogP contribution in [-0.2, 0) is 4.79 Å². The first-order valence-electron chi connectivity index (χ1n) is 4.14. The maximum absolute atomic E-state index is 10.9. The van der Waals surface area contributed by atoms with Crippen LogP contribution in [0.4, 0.5) is 0 Å². The van der Waals surface area contributed by atoms with Gasteiger partial charge in [0.15, 0.2) is 0 Å². The minimum absolute atomic E-state index is 0.320. The topological polar surface area (TPSA) is 46.5 Å². The molecule has 1 aliphatic rings. The molecule has 1 unspecified atom stereocenters. The molecule has 1 aromatic carbocycles. The van der Waals surface area contributed by atoms with Crippen LogP contribution in [0.25, 0.3) is 0 Å². The van der Waals surface area contributed by atoms with Crippen LogP contribution in [-0.4, -0.2) is 11.1 Å². The molecule has 0 bridgehead atoms. The van der Waals surface area contributed by atoms with Crippen molar-refractivity contribution in [1.82, 2.24) is 0 Å². The summed E-state index contributed by atoms with van der Waals surface area (Å²) in [5, 5.41) is 9.62. The SMILES string of the molecule is O=C(O)C1C=COc2cc(Cl)c(Cl)cc21. The molecular weight excluding hydrogens is 239 g/mol. The summed E-state index contributed by atoms with van der Waals surface area (Å²) in [5.41, 5.74) is 0.513. The Kier molecular flexibility index (Phi) is 2.59. The Morgan fingerprint density at radius 3 is 2.67 bits per heavy atom. The summed E-state index contributed by atoms with van der Waals surface area (Å²) in [7, 11) is 0. The fourth-order valence-corrected chi connectivity index (χ4v) is 1.72. The highest BCUT2D eigenvalue weighted by molar-refractivity contribution is 6.42. The number of rotatable bonds is 1. The Labute approximate surface area is 95.9 Å². The molecule has 78 valence electrons. The summed E-state index contributed by atoms with van der Waals surface area (Å²) in [4.78, 5) is 10.9. The van der Waals surface area contributed by atoms with E-state index in [0.717, 1.165) is 0 Å². The van der Waals surface area contributed by atoms with Crippen LogP contribution in [0.1, 0.15) is 11.5 Å². The maximum atomic E-state index is 10.9. The first kappa shape index (κ1) is 10.3. The normalized spacial score (nSPS) is 18.1. The van der Waals surface area contributed by atoms with E-state index in [1.54, 1.807) is 0 Å². The minimum Gasteiger partial charge on any atom is -0.481 e. The number of halogens is 2. The fourth-order valence-electron chi connectivity index (χ4n) is 1.40. The van der Waals surface area contributed by atoms with Crippen molar-refractivity contribution in [3.63, 3.8) is 0 Å². The summed E-state index contributed by atoms with van der Waals surface area (Å²) in [5.74, 6) is -1.25. The van der Waals surface area contributed by atoms with Crippen molar-refractivity contribution in [2.24, 2.45) is 0 Å². The van der Waals surface area contributed by atoms with E-state index in [4.69, 9.17) is 33.0 Å². The number of benzene rings is 1. The molecule has 1 aliphatic heterocycles. The molecular formula is C10H6Cl2O3. The summed E-state index contributed by atoms with van der Waals surface area (Å²) < 4.78 is 5.15. The zero-order chi connectivity index (χ0) is 11.0. The van der Waals surface area contributed by atoms with Crippen LogP contribution >= 0.6 is 23.2 Å². The molecule has 1 aromatic rings. The molecule has 0 aromatic heterocycles. The monoisotopic (exact) mass is 244 g/mol. The molecule has 15 heavy (non-hydrogen) atoms. The lowest BCUT2D eigenvalue weighted by atomic mass is 9.97. The quantitative estimate of drug-likeness (QED) is 0.826. The Hall–Kier alpha value is -1.19. The van der Waals surface area contributed by atoms with Crippen LogP contribution in [0.15, 0.2) is 24.5 Å². The van der Waals surface area contributed by atoms with Gasteiger partial charge in [0, 0.05) is 11.6 Å². The zero-order valence-corrected chi connectivity index (χ0v) is 8.92. The van der Waals surface area contributed by atoms with Crippen LogP contribution < -0.4 is 4.74 Å². The van der Waals surface area contributed by atoms with E-state index in [2.05, 4.69) is 0 Å². The van der Waals surface area contributed by atoms with Crippen molar-refractivity contribution >= 4 is 29.2 Å². The lowest BCUT2D eigenvalue weighted by Crippen LogP contribution is -2.13. The molecule has 1 heterocycles. The van der Waals surface area contributed by atoms with Gasteiger partial charge in [0.2, 0.25) is 0 Å². The number of fused-ring (bicyclic) bond motifs is 1. The van der Waals surface area contributed by atoms with E-state index >= 15 is 0 Å². The van der Waals surface area contributed by atoms with Crippen LogP contribution in [0.3, 0.4) is 0 Å². The number of carboxylic acid groups (broad SMARTS) is 1. The van der Waals surface area contributed by atoms with Crippen LogP contribution in [0, 0.1) is 0 Å². The third-order valence-electron chi connectivity index (χ3n) is 2.12. The predicted octanol–water partition coefficient (Wildman–Crippen LogP) is 3.07. The van der Waals surface area contributed by atoms with Gasteiger partial charge in [-0.2, -0.15) is 0 Å². The fraction of sp³-hybridized carbons (Fsp3) is 0.100. The third kappa shape index (κ3) is 1.80. The molecule has 3 nitrogen and oxygen atoms in total. The number of hydrogen-bond donors (Lipinski definition) is 1. The number of carboxylic acids is 1. The van der Waals surface area contributed by atoms with Gasteiger partial charge < -0.3 is 9.84 Å². The molecule has 1 atom stereocenters. The van der Waals surface area contributed by atoms with E-state index in [1.807, 2.05) is 0 Å². The summed E-state index contributed by atoms with van der Waals surface area (Å²) in [6.45, 7) is 0. The smallest absolute Gasteiger partial charge is 0.315 e. The summed E-state index contributed by atoms with van der Waals surface area (Å²) in [6.07, 6.45) is 2.79. The van der Waals surface area contributed by atoms with Gasteiger partial charge in [0.1, 0.15) is 11.7 Å². The highest BCUT2D eigenvalue weighted by Gasteiger charge is 2.25. The van der Waals surface area contributed by atoms with Gasteiger partial charge in [-0.15, -0.1) is 0 Å². The van der Waals surface area contributed by atoms with Gasteiger partial charge in [-0.3, -0.25) is 4.79 Å². The lowest BCUT2D eigenvalue weighted by Gasteiger charge is -2.18. The van der Waals surface area contributed by atoms with E-state index in [-0.39, 0.29) is 0 Å². The molecule has 1 N–H and O–H groups in total. The average molecular weight is 245 g/mol. The molecule has 0 aliphatic carbocycles. The average Bonchev–Trinajstić information content (AvgIpc) is 2.18. The summed E-state index contributed by atoms with van der Waals surface area (Å²) in [6, 6.07) is 3.03. The Morgan fingerprint density at radius 1 is 1.33 bits per heavy atom. The predicted molar refractivity (Wildman–Crippen MR) is 56.6 cm³/mol. The standard InChI is InChI=1S/C10H6Cl2O3/c11-7-3-6-5(10(13)14)1-2-15-9(6)4-8(7)12/h1-5H,(H,13,14). The summed E-state index contributed by atoms with van der Waals surface area (Å²) >= 11 is 11.6. The van der Waals surface area contributed by atoms with Crippen molar-refractivity contribution < 1.29 is 14.6 Å². The van der Waals surface area contributed by atoms with E-state index < -0.39 is 11.9 Å². The molecule has 0 saturated carbocycles. The second-order valence-corrected chi connectivity index (χ2v) is 3.88. The molecule has 5 heteroatoms. The van der Waals surface area contributed by atoms with Gasteiger partial charge in [-0.1, -0.05) is 23.2 Å². The largest absolute Gasteiger partial charge is 0.481 e. The molecule has 0 saturated heterocycles. The Balaban J connectivity index is 2.55. The zero-order valence-electron chi connectivity index (χ0n) is 7.41. The molecule has 0 spiro atoms. The molecule has 0 fully saturated rings. The lowest BCUT2D eigenvalue weighted by molar-refractivity contribution is -0.137. The molecule has 0 amide bonds. The molecule has 0 radical (unpaired) electrons. The van der Waals surface area contributed by atoms with Crippen LogP contribution in [0.5, 0.6) is 5.75 Å². The van der Waals surface area contributed by atoms with E-state index in [0.29, 0.717) is 21.4 Å². The van der Waals surface area contributed by atoms with E-state index in [1.165, 1.54) is 24.5 Å². The van der Waals surface area contributed by atoms with Gasteiger partial charge in [0.05, 0.1) is 16.3 Å². The van der Waals surface area contributed by atoms with Crippen molar-refractivity contribution in [3.05, 3.63) is 40.1 Å². The van der Waals surface area contributed by atoms with Crippen molar-refractivity contribution in [2.75, 3.05) is 0 Å². The van der Waals surface area contributed by atoms with Gasteiger partial charge >= 0.3 is 5.97 Å². The van der Waals surface area contributed by atoms with Crippen molar-refractivity contribution in [3.8, 4) is 5.75 Å². The number of ether oxygens (including phenoxy) is 1. The first-order valence-corrected chi connectivity index (χ1v) is 4.90. The Bertz CT molecular complexity index is 454. The van der Waals surface area contributed by atoms with Gasteiger partial charge in [0.25, 0.3) is 0 Å². The minimum atomic E-state index is -0.950. The van der Waals surface area contributed by atoms with Crippen molar-refractivity contribution in [1.29, 1.82) is 0 Å². The highest BCUT2D eigenvalue weighted by Crippen LogP contribution is 2.37. The first-order chi connectivity index (χ1) is 7.09. The number of hydrogen-bond acceptors (Lipinski definition) is 2. The maximum Gasteiger partial charge on any atom is 0.315 e. The third-order valence-corrected chi connectivity index (χ3v) is 2.84. The van der Waals surface area contributed by atoms with Gasteiger partial charge in [-0.05, 0) is 12.1 Å².